The van der Waals surface area contributed by atoms with Gasteiger partial charge in [0.05, 0.1) is 14.2 Å². The van der Waals surface area contributed by atoms with Crippen molar-refractivity contribution in [3.05, 3.63) is 119 Å². The van der Waals surface area contributed by atoms with Gasteiger partial charge in [-0.05, 0) is 53.1 Å². The van der Waals surface area contributed by atoms with E-state index in [0.717, 1.165) is 56.4 Å². The van der Waals surface area contributed by atoms with Crippen LogP contribution in [-0.2, 0) is 0 Å². The third-order valence-corrected chi connectivity index (χ3v) is 5.54. The van der Waals surface area contributed by atoms with Crippen LogP contribution in [0.25, 0.3) is 11.1 Å². The molecule has 5 rings (SSSR count). The molecular weight excluding hydrogens is 384 g/mol. The first-order valence-electron chi connectivity index (χ1n) is 10.2. The van der Waals surface area contributed by atoms with Crippen LogP contribution < -0.4 is 14.2 Å². The Morgan fingerprint density at radius 1 is 0.548 bits per heavy atom. The molecule has 0 atom stereocenters. The van der Waals surface area contributed by atoms with Crippen molar-refractivity contribution in [1.82, 2.24) is 0 Å². The fourth-order valence-electron chi connectivity index (χ4n) is 4.03. The highest BCUT2D eigenvalue weighted by Gasteiger charge is 2.25. The Bertz CT molecular complexity index is 1160. The van der Waals surface area contributed by atoms with Gasteiger partial charge < -0.3 is 14.2 Å². The minimum Gasteiger partial charge on any atom is -0.497 e. The predicted octanol–water partition coefficient (Wildman–Crippen LogP) is 6.82. The zero-order valence-corrected chi connectivity index (χ0v) is 17.5. The predicted molar refractivity (Wildman–Crippen MR) is 124 cm³/mol. The Morgan fingerprint density at radius 3 is 1.39 bits per heavy atom. The first-order valence-corrected chi connectivity index (χ1v) is 10.2. The largest absolute Gasteiger partial charge is 0.497 e. The van der Waals surface area contributed by atoms with Crippen molar-refractivity contribution in [2.75, 3.05) is 14.2 Å². The summed E-state index contributed by atoms with van der Waals surface area (Å²) < 4.78 is 17.0. The van der Waals surface area contributed by atoms with Crippen LogP contribution in [-0.4, -0.2) is 14.2 Å². The molecule has 0 spiro atoms. The molecule has 31 heavy (non-hydrogen) atoms. The van der Waals surface area contributed by atoms with Gasteiger partial charge in [-0.25, -0.2) is 0 Å². The van der Waals surface area contributed by atoms with Crippen LogP contribution in [0.3, 0.4) is 0 Å². The van der Waals surface area contributed by atoms with E-state index >= 15 is 0 Å². The van der Waals surface area contributed by atoms with E-state index in [2.05, 4.69) is 48.5 Å². The summed E-state index contributed by atoms with van der Waals surface area (Å²) in [7, 11) is 3.37. The van der Waals surface area contributed by atoms with E-state index in [1.165, 1.54) is 0 Å². The van der Waals surface area contributed by atoms with Crippen molar-refractivity contribution in [3.63, 3.8) is 0 Å². The zero-order chi connectivity index (χ0) is 21.2. The first kappa shape index (κ1) is 19.0. The number of hydrogen-bond donors (Lipinski definition) is 0. The smallest absolute Gasteiger partial charge is 0.135 e. The lowest BCUT2D eigenvalue weighted by molar-refractivity contribution is 0.414. The van der Waals surface area contributed by atoms with Crippen LogP contribution in [0.4, 0.5) is 0 Å². The summed E-state index contributed by atoms with van der Waals surface area (Å²) in [6.45, 7) is 0. The van der Waals surface area contributed by atoms with Gasteiger partial charge >= 0.3 is 0 Å². The SMILES string of the molecule is COc1ccc(C(=C2c3ccccc3Oc3ccccc32)c2ccc(OC)cc2)cc1. The standard InChI is InChI=1S/C28H22O3/c1-29-21-15-11-19(12-16-21)27(20-13-17-22(30-2)18-14-20)28-23-7-3-5-9-25(23)31-26-10-6-4-8-24(26)28/h3-18H,1-2H3. The van der Waals surface area contributed by atoms with Crippen LogP contribution in [0.2, 0.25) is 0 Å². The number of hydrogen-bond acceptors (Lipinski definition) is 3. The van der Waals surface area contributed by atoms with Crippen molar-refractivity contribution in [2.45, 2.75) is 0 Å². The molecule has 0 bridgehead atoms. The molecule has 0 aromatic heterocycles. The Balaban J connectivity index is 1.85. The first-order chi connectivity index (χ1) is 15.3. The second-order valence-corrected chi connectivity index (χ2v) is 7.30. The summed E-state index contributed by atoms with van der Waals surface area (Å²) in [5.41, 5.74) is 6.63. The molecule has 3 heteroatoms. The van der Waals surface area contributed by atoms with E-state index in [1.54, 1.807) is 14.2 Å². The molecule has 4 aromatic rings. The molecule has 1 aliphatic heterocycles. The van der Waals surface area contributed by atoms with Gasteiger partial charge in [-0.2, -0.15) is 0 Å². The van der Waals surface area contributed by atoms with Crippen molar-refractivity contribution in [1.29, 1.82) is 0 Å². The molecular formula is C28H22O3. The summed E-state index contributed by atoms with van der Waals surface area (Å²) in [5.74, 6) is 3.37. The van der Waals surface area contributed by atoms with E-state index in [1.807, 2.05) is 48.5 Å². The molecule has 4 aromatic carbocycles. The van der Waals surface area contributed by atoms with E-state index in [0.29, 0.717) is 0 Å². The highest BCUT2D eigenvalue weighted by Crippen LogP contribution is 2.48. The van der Waals surface area contributed by atoms with Crippen LogP contribution >= 0.6 is 0 Å². The Kier molecular flexibility index (Phi) is 4.93. The number of fused-ring (bicyclic) bond motifs is 2. The average molecular weight is 406 g/mol. The van der Waals surface area contributed by atoms with Crippen molar-refractivity contribution >= 4 is 11.1 Å². The minimum atomic E-state index is 0.829. The monoisotopic (exact) mass is 406 g/mol. The van der Waals surface area contributed by atoms with Gasteiger partial charge in [0.15, 0.2) is 0 Å². The fraction of sp³-hybridized carbons (Fsp3) is 0.0714. The quantitative estimate of drug-likeness (QED) is 0.328. The van der Waals surface area contributed by atoms with Gasteiger partial charge in [-0.15, -0.1) is 0 Å². The zero-order valence-electron chi connectivity index (χ0n) is 17.5. The van der Waals surface area contributed by atoms with Crippen molar-refractivity contribution < 1.29 is 14.2 Å². The Labute approximate surface area is 182 Å². The lowest BCUT2D eigenvalue weighted by Crippen LogP contribution is -2.05. The second-order valence-electron chi connectivity index (χ2n) is 7.30. The van der Waals surface area contributed by atoms with Gasteiger partial charge in [0.2, 0.25) is 0 Å². The highest BCUT2D eigenvalue weighted by atomic mass is 16.5. The molecule has 0 saturated heterocycles. The molecule has 3 nitrogen and oxygen atoms in total. The molecule has 0 aliphatic carbocycles. The summed E-state index contributed by atoms with van der Waals surface area (Å²) in [6.07, 6.45) is 0. The van der Waals surface area contributed by atoms with Gasteiger partial charge in [0, 0.05) is 16.7 Å². The topological polar surface area (TPSA) is 27.7 Å². The third kappa shape index (κ3) is 3.44. The number of benzene rings is 4. The molecule has 0 fully saturated rings. The van der Waals surface area contributed by atoms with E-state index in [4.69, 9.17) is 14.2 Å². The van der Waals surface area contributed by atoms with Gasteiger partial charge in [-0.1, -0.05) is 60.7 Å². The summed E-state index contributed by atoms with van der Waals surface area (Å²) >= 11 is 0. The molecule has 1 aliphatic rings. The summed E-state index contributed by atoms with van der Waals surface area (Å²) in [5, 5.41) is 0. The molecule has 0 N–H and O–H groups in total. The Morgan fingerprint density at radius 2 is 0.968 bits per heavy atom. The van der Waals surface area contributed by atoms with Gasteiger partial charge in [0.25, 0.3) is 0 Å². The van der Waals surface area contributed by atoms with E-state index < -0.39 is 0 Å². The van der Waals surface area contributed by atoms with Crippen LogP contribution in [0.5, 0.6) is 23.0 Å². The summed E-state index contributed by atoms with van der Waals surface area (Å²) in [6, 6.07) is 32.8. The normalized spacial score (nSPS) is 11.7. The van der Waals surface area contributed by atoms with Gasteiger partial charge in [-0.3, -0.25) is 0 Å². The maximum absolute atomic E-state index is 6.23. The number of methoxy groups -OCH3 is 2. The maximum atomic E-state index is 6.23. The molecule has 1 heterocycles. The summed E-state index contributed by atoms with van der Waals surface area (Å²) in [4.78, 5) is 0. The molecule has 0 saturated carbocycles. The van der Waals surface area contributed by atoms with Crippen LogP contribution in [0.15, 0.2) is 97.1 Å². The molecule has 0 amide bonds. The lowest BCUT2D eigenvalue weighted by atomic mass is 9.84. The van der Waals surface area contributed by atoms with Crippen LogP contribution in [0, 0.1) is 0 Å². The van der Waals surface area contributed by atoms with Crippen molar-refractivity contribution in [3.8, 4) is 23.0 Å². The number of rotatable bonds is 4. The maximum Gasteiger partial charge on any atom is 0.135 e. The highest BCUT2D eigenvalue weighted by molar-refractivity contribution is 6.07. The Hall–Kier alpha value is -3.98. The van der Waals surface area contributed by atoms with Gasteiger partial charge in [0.1, 0.15) is 23.0 Å². The minimum absolute atomic E-state index is 0.829. The fourth-order valence-corrected chi connectivity index (χ4v) is 4.03. The van der Waals surface area contributed by atoms with Crippen LogP contribution in [0.1, 0.15) is 22.3 Å². The molecule has 0 radical (unpaired) electrons. The second kappa shape index (κ2) is 8.04. The lowest BCUT2D eigenvalue weighted by Gasteiger charge is -2.26. The average Bonchev–Trinajstić information content (AvgIpc) is 2.84. The number of ether oxygens (including phenoxy) is 3. The van der Waals surface area contributed by atoms with Crippen molar-refractivity contribution in [2.24, 2.45) is 0 Å². The number of para-hydroxylation sites is 2. The van der Waals surface area contributed by atoms with E-state index in [-0.39, 0.29) is 0 Å². The van der Waals surface area contributed by atoms with E-state index in [9.17, 15) is 0 Å². The third-order valence-electron chi connectivity index (χ3n) is 5.54. The molecule has 0 unspecified atom stereocenters. The molecule has 152 valence electrons.